The molecule has 0 saturated heterocycles. The molecule has 0 radical (unpaired) electrons. The molecule has 3 aromatic heterocycles. The fourth-order valence-corrected chi connectivity index (χ4v) is 4.47. The molecule has 0 aliphatic carbocycles. The summed E-state index contributed by atoms with van der Waals surface area (Å²) in [6, 6.07) is 21.2. The molecule has 1 amide bonds. The first kappa shape index (κ1) is 23.3. The average Bonchev–Trinajstić information content (AvgIpc) is 3.57. The third kappa shape index (κ3) is 4.69. The second-order valence-corrected chi connectivity index (χ2v) is 8.85. The lowest BCUT2D eigenvalue weighted by Crippen LogP contribution is -2.26. The number of nitrogens with one attached hydrogen (secondary N) is 1. The number of aryl methyl sites for hydroxylation is 1. The summed E-state index contributed by atoms with van der Waals surface area (Å²) in [5.74, 6) is -0.612. The number of thiophene rings is 1. The monoisotopic (exact) mass is 499 g/mol. The van der Waals surface area contributed by atoms with Crippen LogP contribution in [0.5, 0.6) is 5.75 Å². The summed E-state index contributed by atoms with van der Waals surface area (Å²) in [7, 11) is 1.54. The van der Waals surface area contributed by atoms with E-state index >= 15 is 0 Å². The second-order valence-electron chi connectivity index (χ2n) is 7.90. The molecule has 180 valence electrons. The number of carbonyl (C=O) groups excluding carboxylic acids is 2. The Morgan fingerprint density at radius 3 is 2.61 bits per heavy atom. The van der Waals surface area contributed by atoms with Gasteiger partial charge in [0.05, 0.1) is 34.3 Å². The fraction of sp³-hybridized carbons (Fsp3) is 0.111. The molecule has 0 saturated carbocycles. The molecule has 0 fully saturated rings. The third-order valence-electron chi connectivity index (χ3n) is 5.51. The summed E-state index contributed by atoms with van der Waals surface area (Å²) >= 11 is 1.48. The maximum Gasteiger partial charge on any atom is 0.340 e. The number of methoxy groups -OCH3 is 1. The van der Waals surface area contributed by atoms with E-state index in [2.05, 4.69) is 15.5 Å². The van der Waals surface area contributed by atoms with Crippen LogP contribution in [0.15, 0.2) is 82.7 Å². The number of pyridine rings is 1. The molecule has 1 N–H and O–H groups in total. The Labute approximate surface area is 210 Å². The van der Waals surface area contributed by atoms with E-state index in [1.54, 1.807) is 68.6 Å². The average molecular weight is 500 g/mol. The smallest absolute Gasteiger partial charge is 0.340 e. The molecule has 5 aromatic rings. The van der Waals surface area contributed by atoms with Crippen molar-refractivity contribution in [2.24, 2.45) is 0 Å². The largest absolute Gasteiger partial charge is 0.497 e. The molecule has 3 heterocycles. The number of hydrogen-bond donors (Lipinski definition) is 1. The van der Waals surface area contributed by atoms with Crippen molar-refractivity contribution >= 4 is 40.0 Å². The van der Waals surface area contributed by atoms with Crippen molar-refractivity contribution < 1.29 is 23.6 Å². The predicted molar refractivity (Wildman–Crippen MR) is 136 cm³/mol. The Hall–Kier alpha value is -4.50. The Bertz CT molecular complexity index is 1530. The fourth-order valence-electron chi connectivity index (χ4n) is 3.79. The Morgan fingerprint density at radius 2 is 1.86 bits per heavy atom. The second kappa shape index (κ2) is 10.0. The first-order chi connectivity index (χ1) is 17.5. The van der Waals surface area contributed by atoms with Gasteiger partial charge in [-0.25, -0.2) is 9.78 Å². The van der Waals surface area contributed by atoms with Crippen LogP contribution in [0.25, 0.3) is 21.7 Å². The van der Waals surface area contributed by atoms with Crippen LogP contribution in [0.4, 0.5) is 5.69 Å². The SMILES string of the molecule is COc1cccc(NC(=O)C(OC(=O)c2cc(-c3cccs3)nc3onc(C)c23)c2ccccc2)c1. The van der Waals surface area contributed by atoms with Crippen LogP contribution in [0.3, 0.4) is 0 Å². The first-order valence-corrected chi connectivity index (χ1v) is 11.9. The number of aromatic nitrogens is 2. The molecule has 9 heteroatoms. The van der Waals surface area contributed by atoms with Crippen LogP contribution in [0.2, 0.25) is 0 Å². The number of esters is 1. The van der Waals surface area contributed by atoms with Crippen molar-refractivity contribution in [3.63, 3.8) is 0 Å². The van der Waals surface area contributed by atoms with Crippen molar-refractivity contribution in [2.45, 2.75) is 13.0 Å². The summed E-state index contributed by atoms with van der Waals surface area (Å²) in [4.78, 5) is 32.3. The van der Waals surface area contributed by atoms with Crippen LogP contribution >= 0.6 is 11.3 Å². The minimum absolute atomic E-state index is 0.220. The van der Waals surface area contributed by atoms with Crippen molar-refractivity contribution in [1.82, 2.24) is 10.1 Å². The van der Waals surface area contributed by atoms with Gasteiger partial charge in [0.25, 0.3) is 11.6 Å². The van der Waals surface area contributed by atoms with Crippen molar-refractivity contribution in [2.75, 3.05) is 12.4 Å². The van der Waals surface area contributed by atoms with Crippen molar-refractivity contribution in [1.29, 1.82) is 0 Å². The van der Waals surface area contributed by atoms with Crippen LogP contribution in [0, 0.1) is 6.92 Å². The molecule has 2 aromatic carbocycles. The van der Waals surface area contributed by atoms with Crippen molar-refractivity contribution in [3.05, 3.63) is 95.0 Å². The summed E-state index contributed by atoms with van der Waals surface area (Å²) in [5.41, 5.74) is 2.53. The Kier molecular flexibility index (Phi) is 6.46. The number of benzene rings is 2. The lowest BCUT2D eigenvalue weighted by Gasteiger charge is -2.19. The number of rotatable bonds is 7. The van der Waals surface area contributed by atoms with E-state index in [1.807, 2.05) is 23.6 Å². The van der Waals surface area contributed by atoms with Gasteiger partial charge in [-0.1, -0.05) is 47.6 Å². The van der Waals surface area contributed by atoms with E-state index in [4.69, 9.17) is 14.0 Å². The van der Waals surface area contributed by atoms with Gasteiger partial charge in [-0.3, -0.25) is 4.79 Å². The zero-order valence-corrected chi connectivity index (χ0v) is 20.2. The summed E-state index contributed by atoms with van der Waals surface area (Å²) in [6.45, 7) is 1.72. The summed E-state index contributed by atoms with van der Waals surface area (Å²) in [5, 5.41) is 9.15. The third-order valence-corrected chi connectivity index (χ3v) is 6.41. The quantitative estimate of drug-likeness (QED) is 0.282. The van der Waals surface area contributed by atoms with Gasteiger partial charge in [-0.2, -0.15) is 0 Å². The highest BCUT2D eigenvalue weighted by atomic mass is 32.1. The van der Waals surface area contributed by atoms with E-state index in [-0.39, 0.29) is 11.3 Å². The first-order valence-electron chi connectivity index (χ1n) is 11.0. The van der Waals surface area contributed by atoms with E-state index < -0.39 is 18.0 Å². The lowest BCUT2D eigenvalue weighted by molar-refractivity contribution is -0.125. The zero-order chi connectivity index (χ0) is 25.1. The molecule has 1 atom stereocenters. The normalized spacial score (nSPS) is 11.7. The standard InChI is InChI=1S/C27H21N3O5S/c1-16-23-20(15-21(22-12-7-13-36-22)29-26(23)35-30-16)27(32)34-24(17-8-4-3-5-9-17)25(31)28-18-10-6-11-19(14-18)33-2/h3-15,24H,1-2H3,(H,28,31). The molecular weight excluding hydrogens is 478 g/mol. The van der Waals surface area contributed by atoms with Gasteiger partial charge >= 0.3 is 5.97 Å². The maximum atomic E-state index is 13.6. The number of carbonyl (C=O) groups is 2. The van der Waals surface area contributed by atoms with Crippen molar-refractivity contribution in [3.8, 4) is 16.3 Å². The van der Waals surface area contributed by atoms with E-state index in [0.29, 0.717) is 33.8 Å². The minimum Gasteiger partial charge on any atom is -0.497 e. The molecule has 0 spiro atoms. The highest BCUT2D eigenvalue weighted by Gasteiger charge is 2.28. The van der Waals surface area contributed by atoms with Gasteiger partial charge in [0.1, 0.15) is 5.75 Å². The van der Waals surface area contributed by atoms with Gasteiger partial charge in [0.15, 0.2) is 0 Å². The molecule has 5 rings (SSSR count). The van der Waals surface area contributed by atoms with Crippen LogP contribution in [-0.4, -0.2) is 29.1 Å². The highest BCUT2D eigenvalue weighted by Crippen LogP contribution is 2.31. The van der Waals surface area contributed by atoms with Crippen LogP contribution < -0.4 is 10.1 Å². The van der Waals surface area contributed by atoms with Gasteiger partial charge in [0.2, 0.25) is 6.10 Å². The minimum atomic E-state index is -1.21. The molecule has 36 heavy (non-hydrogen) atoms. The number of amides is 1. The summed E-state index contributed by atoms with van der Waals surface area (Å²) < 4.78 is 16.4. The number of nitrogens with zero attached hydrogens (tertiary/aromatic N) is 2. The maximum absolute atomic E-state index is 13.6. The van der Waals surface area contributed by atoms with E-state index in [1.165, 1.54) is 11.3 Å². The molecule has 0 aliphatic heterocycles. The van der Waals surface area contributed by atoms with E-state index in [0.717, 1.165) is 4.88 Å². The molecular formula is C27H21N3O5S. The molecule has 0 aliphatic rings. The highest BCUT2D eigenvalue weighted by molar-refractivity contribution is 7.13. The molecule has 1 unspecified atom stereocenters. The number of ether oxygens (including phenoxy) is 2. The lowest BCUT2D eigenvalue weighted by atomic mass is 10.1. The number of fused-ring (bicyclic) bond motifs is 1. The van der Waals surface area contributed by atoms with E-state index in [9.17, 15) is 9.59 Å². The van der Waals surface area contributed by atoms with Crippen LogP contribution in [0.1, 0.15) is 27.7 Å². The summed E-state index contributed by atoms with van der Waals surface area (Å²) in [6.07, 6.45) is -1.21. The van der Waals surface area contributed by atoms with Gasteiger partial charge < -0.3 is 19.3 Å². The van der Waals surface area contributed by atoms with Gasteiger partial charge in [-0.15, -0.1) is 11.3 Å². The molecule has 8 nitrogen and oxygen atoms in total. The Morgan fingerprint density at radius 1 is 1.03 bits per heavy atom. The van der Waals surface area contributed by atoms with Crippen LogP contribution in [-0.2, 0) is 9.53 Å². The number of anilines is 1. The van der Waals surface area contributed by atoms with Gasteiger partial charge in [0, 0.05) is 17.3 Å². The Balaban J connectivity index is 1.51. The molecule has 0 bridgehead atoms. The predicted octanol–water partition coefficient (Wildman–Crippen LogP) is 5.81. The van der Waals surface area contributed by atoms with Gasteiger partial charge in [-0.05, 0) is 36.6 Å². The number of hydrogen-bond acceptors (Lipinski definition) is 8. The topological polar surface area (TPSA) is 104 Å². The zero-order valence-electron chi connectivity index (χ0n) is 19.4.